The van der Waals surface area contributed by atoms with E-state index in [0.717, 1.165) is 24.8 Å². The van der Waals surface area contributed by atoms with Crippen LogP contribution in [0.25, 0.3) is 0 Å². The molecule has 0 radical (unpaired) electrons. The molecule has 1 saturated carbocycles. The number of aromatic nitrogens is 2. The van der Waals surface area contributed by atoms with E-state index in [1.165, 1.54) is 19.3 Å². The fourth-order valence-electron chi connectivity index (χ4n) is 2.45. The second-order valence-electron chi connectivity index (χ2n) is 4.86. The molecule has 0 saturated heterocycles. The molecule has 1 atom stereocenters. The van der Waals surface area contributed by atoms with Crippen LogP contribution in [0.2, 0.25) is 0 Å². The highest BCUT2D eigenvalue weighted by Crippen LogP contribution is 2.31. The van der Waals surface area contributed by atoms with Crippen LogP contribution in [-0.2, 0) is 13.6 Å². The molecular formula is C12H22N4. The van der Waals surface area contributed by atoms with Crippen LogP contribution in [0.3, 0.4) is 0 Å². The molecule has 2 N–H and O–H groups in total. The van der Waals surface area contributed by atoms with E-state index in [4.69, 9.17) is 5.73 Å². The Morgan fingerprint density at radius 3 is 2.81 bits per heavy atom. The molecule has 0 amide bonds. The number of nitrogens with two attached hydrogens (primary N) is 1. The number of imidazole rings is 1. The summed E-state index contributed by atoms with van der Waals surface area (Å²) in [5.74, 6) is 1.91. The van der Waals surface area contributed by atoms with Crippen molar-refractivity contribution < 1.29 is 0 Å². The molecule has 4 heteroatoms. The Kier molecular flexibility index (Phi) is 3.61. The maximum absolute atomic E-state index is 5.88. The van der Waals surface area contributed by atoms with Crippen LogP contribution in [0, 0.1) is 5.92 Å². The van der Waals surface area contributed by atoms with Crippen molar-refractivity contribution >= 4 is 0 Å². The van der Waals surface area contributed by atoms with Gasteiger partial charge in [-0.1, -0.05) is 6.42 Å². The van der Waals surface area contributed by atoms with Crippen LogP contribution in [0.15, 0.2) is 12.4 Å². The predicted molar refractivity (Wildman–Crippen MR) is 64.9 cm³/mol. The molecule has 1 aromatic rings. The highest BCUT2D eigenvalue weighted by molar-refractivity contribution is 4.93. The van der Waals surface area contributed by atoms with Crippen LogP contribution in [-0.4, -0.2) is 34.1 Å². The third-order valence-electron chi connectivity index (χ3n) is 3.81. The summed E-state index contributed by atoms with van der Waals surface area (Å²) in [6.45, 7) is 1.65. The lowest BCUT2D eigenvalue weighted by atomic mass is 9.79. The van der Waals surface area contributed by atoms with Crippen molar-refractivity contribution in [2.24, 2.45) is 18.7 Å². The monoisotopic (exact) mass is 222 g/mol. The van der Waals surface area contributed by atoms with Crippen LogP contribution < -0.4 is 5.73 Å². The van der Waals surface area contributed by atoms with Crippen LogP contribution in [0.1, 0.15) is 25.1 Å². The summed E-state index contributed by atoms with van der Waals surface area (Å²) >= 11 is 0. The average molecular weight is 222 g/mol. The van der Waals surface area contributed by atoms with Gasteiger partial charge in [-0.25, -0.2) is 4.98 Å². The standard InChI is InChI=1S/C12H22N4/c1-15-7-6-14-12(15)9-16(2)11(8-13)10-4-3-5-10/h6-7,10-11H,3-5,8-9,13H2,1-2H3. The summed E-state index contributed by atoms with van der Waals surface area (Å²) in [4.78, 5) is 6.71. The topological polar surface area (TPSA) is 47.1 Å². The number of rotatable bonds is 5. The van der Waals surface area contributed by atoms with Crippen molar-refractivity contribution in [2.75, 3.05) is 13.6 Å². The van der Waals surface area contributed by atoms with Gasteiger partial charge in [-0.05, 0) is 25.8 Å². The fraction of sp³-hybridized carbons (Fsp3) is 0.750. The van der Waals surface area contributed by atoms with Gasteiger partial charge in [0.25, 0.3) is 0 Å². The molecule has 1 heterocycles. The Bertz CT molecular complexity index is 330. The minimum Gasteiger partial charge on any atom is -0.337 e. The first kappa shape index (κ1) is 11.6. The first-order valence-electron chi connectivity index (χ1n) is 6.09. The molecule has 1 unspecified atom stereocenters. The van der Waals surface area contributed by atoms with Gasteiger partial charge in [0, 0.05) is 32.0 Å². The van der Waals surface area contributed by atoms with E-state index in [9.17, 15) is 0 Å². The Labute approximate surface area is 97.4 Å². The minimum atomic E-state index is 0.519. The van der Waals surface area contributed by atoms with E-state index in [2.05, 4.69) is 21.5 Å². The summed E-state index contributed by atoms with van der Waals surface area (Å²) in [6, 6.07) is 0.519. The normalized spacial score (nSPS) is 18.8. The van der Waals surface area contributed by atoms with Crippen molar-refractivity contribution in [1.82, 2.24) is 14.5 Å². The van der Waals surface area contributed by atoms with Crippen molar-refractivity contribution in [2.45, 2.75) is 31.8 Å². The second kappa shape index (κ2) is 4.97. The Balaban J connectivity index is 1.95. The molecule has 0 bridgehead atoms. The molecule has 2 rings (SSSR count). The van der Waals surface area contributed by atoms with Gasteiger partial charge in [0.2, 0.25) is 0 Å². The Hall–Kier alpha value is -0.870. The molecule has 1 fully saturated rings. The molecule has 0 aliphatic heterocycles. The summed E-state index contributed by atoms with van der Waals surface area (Å²) in [5.41, 5.74) is 5.88. The van der Waals surface area contributed by atoms with E-state index < -0.39 is 0 Å². The summed E-state index contributed by atoms with van der Waals surface area (Å²) in [7, 11) is 4.20. The number of aryl methyl sites for hydroxylation is 1. The highest BCUT2D eigenvalue weighted by Gasteiger charge is 2.29. The van der Waals surface area contributed by atoms with Gasteiger partial charge in [0.1, 0.15) is 5.82 Å². The quantitative estimate of drug-likeness (QED) is 0.808. The zero-order valence-corrected chi connectivity index (χ0v) is 10.3. The Morgan fingerprint density at radius 2 is 2.38 bits per heavy atom. The van der Waals surface area contributed by atoms with E-state index in [0.29, 0.717) is 6.04 Å². The zero-order chi connectivity index (χ0) is 11.5. The van der Waals surface area contributed by atoms with E-state index in [1.807, 2.05) is 19.4 Å². The number of hydrogen-bond acceptors (Lipinski definition) is 3. The van der Waals surface area contributed by atoms with E-state index >= 15 is 0 Å². The molecular weight excluding hydrogens is 200 g/mol. The number of hydrogen-bond donors (Lipinski definition) is 1. The van der Waals surface area contributed by atoms with Gasteiger partial charge in [0.15, 0.2) is 0 Å². The lowest BCUT2D eigenvalue weighted by Gasteiger charge is -2.38. The van der Waals surface area contributed by atoms with Crippen LogP contribution >= 0.6 is 0 Å². The lowest BCUT2D eigenvalue weighted by molar-refractivity contribution is 0.115. The van der Waals surface area contributed by atoms with Gasteiger partial charge in [0.05, 0.1) is 6.54 Å². The van der Waals surface area contributed by atoms with E-state index in [-0.39, 0.29) is 0 Å². The first-order chi connectivity index (χ1) is 7.72. The first-order valence-corrected chi connectivity index (χ1v) is 6.09. The van der Waals surface area contributed by atoms with Gasteiger partial charge in [-0.2, -0.15) is 0 Å². The van der Waals surface area contributed by atoms with Crippen molar-refractivity contribution in [3.63, 3.8) is 0 Å². The smallest absolute Gasteiger partial charge is 0.122 e. The minimum absolute atomic E-state index is 0.519. The van der Waals surface area contributed by atoms with Gasteiger partial charge in [-0.15, -0.1) is 0 Å². The number of likely N-dealkylation sites (N-methyl/N-ethyl adjacent to an activating group) is 1. The molecule has 0 spiro atoms. The maximum atomic E-state index is 5.88. The van der Waals surface area contributed by atoms with Crippen LogP contribution in [0.5, 0.6) is 0 Å². The van der Waals surface area contributed by atoms with Gasteiger partial charge >= 0.3 is 0 Å². The third-order valence-corrected chi connectivity index (χ3v) is 3.81. The summed E-state index contributed by atoms with van der Waals surface area (Å²) in [5, 5.41) is 0. The summed E-state index contributed by atoms with van der Waals surface area (Å²) in [6.07, 6.45) is 7.89. The SMILES string of the molecule is CN(Cc1nccn1C)C(CN)C1CCC1. The van der Waals surface area contributed by atoms with Gasteiger partial charge in [-0.3, -0.25) is 4.90 Å². The lowest BCUT2D eigenvalue weighted by Crippen LogP contribution is -2.45. The molecule has 4 nitrogen and oxygen atoms in total. The molecule has 90 valence electrons. The molecule has 1 aliphatic rings. The molecule has 1 aliphatic carbocycles. The summed E-state index contributed by atoms with van der Waals surface area (Å²) < 4.78 is 2.07. The van der Waals surface area contributed by atoms with E-state index in [1.54, 1.807) is 0 Å². The predicted octanol–water partition coefficient (Wildman–Crippen LogP) is 0.979. The second-order valence-corrected chi connectivity index (χ2v) is 4.86. The van der Waals surface area contributed by atoms with Crippen LogP contribution in [0.4, 0.5) is 0 Å². The number of nitrogens with zero attached hydrogens (tertiary/aromatic N) is 3. The average Bonchev–Trinajstić information content (AvgIpc) is 2.57. The maximum Gasteiger partial charge on any atom is 0.122 e. The molecule has 16 heavy (non-hydrogen) atoms. The fourth-order valence-corrected chi connectivity index (χ4v) is 2.45. The molecule has 0 aromatic carbocycles. The highest BCUT2D eigenvalue weighted by atomic mass is 15.2. The third kappa shape index (κ3) is 2.28. The van der Waals surface area contributed by atoms with Crippen molar-refractivity contribution in [3.8, 4) is 0 Å². The molecule has 1 aromatic heterocycles. The van der Waals surface area contributed by atoms with Crippen molar-refractivity contribution in [1.29, 1.82) is 0 Å². The Morgan fingerprint density at radius 1 is 1.62 bits per heavy atom. The largest absolute Gasteiger partial charge is 0.337 e. The van der Waals surface area contributed by atoms with Gasteiger partial charge < -0.3 is 10.3 Å². The zero-order valence-electron chi connectivity index (χ0n) is 10.3. The van der Waals surface area contributed by atoms with Crippen molar-refractivity contribution in [3.05, 3.63) is 18.2 Å².